The highest BCUT2D eigenvalue weighted by molar-refractivity contribution is 6.20. The third-order valence-corrected chi connectivity index (χ3v) is 3.26. The predicted octanol–water partition coefficient (Wildman–Crippen LogP) is 2.74. The van der Waals surface area contributed by atoms with Crippen LogP contribution < -0.4 is 5.73 Å². The van der Waals surface area contributed by atoms with Gasteiger partial charge in [-0.1, -0.05) is 54.6 Å². The Bertz CT molecular complexity index is 625. The summed E-state index contributed by atoms with van der Waals surface area (Å²) in [6, 6.07) is 18.4. The Balaban J connectivity index is 1.77. The molecular weight excluding hydrogens is 234 g/mol. The number of nitrogens with zero attached hydrogens (tertiary/aromatic N) is 2. The summed E-state index contributed by atoms with van der Waals surface area (Å²) in [4.78, 5) is 0. The summed E-state index contributed by atoms with van der Waals surface area (Å²) >= 11 is 0. The lowest BCUT2D eigenvalue weighted by molar-refractivity contribution is 1.07. The maximum atomic E-state index is 5.60. The molecule has 1 heterocycles. The van der Waals surface area contributed by atoms with Gasteiger partial charge in [-0.2, -0.15) is 10.2 Å². The Morgan fingerprint density at radius 1 is 0.789 bits per heavy atom. The maximum absolute atomic E-state index is 5.60. The molecule has 2 aromatic carbocycles. The van der Waals surface area contributed by atoms with E-state index >= 15 is 0 Å². The molecule has 0 fully saturated rings. The van der Waals surface area contributed by atoms with Crippen LogP contribution in [0.2, 0.25) is 0 Å². The van der Waals surface area contributed by atoms with Crippen molar-refractivity contribution in [1.82, 2.24) is 0 Å². The Kier molecular flexibility index (Phi) is 3.21. The summed E-state index contributed by atoms with van der Waals surface area (Å²) in [6.45, 7) is 0.568. The molecule has 0 radical (unpaired) electrons. The zero-order valence-electron chi connectivity index (χ0n) is 10.6. The molecule has 2 aromatic rings. The van der Waals surface area contributed by atoms with Gasteiger partial charge in [-0.05, 0) is 16.7 Å². The minimum atomic E-state index is 0.568. The smallest absolute Gasteiger partial charge is 0.0763 e. The van der Waals surface area contributed by atoms with E-state index in [0.717, 1.165) is 34.5 Å². The highest BCUT2D eigenvalue weighted by Crippen LogP contribution is 2.16. The summed E-state index contributed by atoms with van der Waals surface area (Å²) in [5.74, 6) is 0. The lowest BCUT2D eigenvalue weighted by atomic mass is 10.0. The van der Waals surface area contributed by atoms with E-state index in [0.29, 0.717) is 6.54 Å². The average molecular weight is 249 g/mol. The molecule has 0 bridgehead atoms. The molecule has 19 heavy (non-hydrogen) atoms. The van der Waals surface area contributed by atoms with Crippen molar-refractivity contribution < 1.29 is 0 Å². The Morgan fingerprint density at radius 3 is 1.95 bits per heavy atom. The number of benzene rings is 2. The van der Waals surface area contributed by atoms with Gasteiger partial charge >= 0.3 is 0 Å². The molecule has 3 nitrogen and oxygen atoms in total. The van der Waals surface area contributed by atoms with Crippen LogP contribution in [-0.2, 0) is 6.54 Å². The quantitative estimate of drug-likeness (QED) is 0.893. The predicted molar refractivity (Wildman–Crippen MR) is 78.5 cm³/mol. The molecule has 0 atom stereocenters. The lowest BCUT2D eigenvalue weighted by Gasteiger charge is -2.03. The molecule has 94 valence electrons. The number of nitrogens with two attached hydrogens (primary N) is 1. The molecule has 3 heteroatoms. The molecule has 0 spiro atoms. The van der Waals surface area contributed by atoms with Gasteiger partial charge in [-0.3, -0.25) is 0 Å². The largest absolute Gasteiger partial charge is 0.326 e. The fourth-order valence-corrected chi connectivity index (χ4v) is 2.13. The molecular formula is C16H15N3. The number of hydrogen-bond acceptors (Lipinski definition) is 3. The van der Waals surface area contributed by atoms with E-state index < -0.39 is 0 Å². The second-order valence-electron chi connectivity index (χ2n) is 4.54. The van der Waals surface area contributed by atoms with Gasteiger partial charge in [-0.15, -0.1) is 0 Å². The van der Waals surface area contributed by atoms with Gasteiger partial charge < -0.3 is 5.73 Å². The van der Waals surface area contributed by atoms with Crippen LogP contribution in [0.5, 0.6) is 0 Å². The maximum Gasteiger partial charge on any atom is 0.0763 e. The topological polar surface area (TPSA) is 50.7 Å². The number of rotatable bonds is 3. The van der Waals surface area contributed by atoms with E-state index in [2.05, 4.69) is 34.5 Å². The van der Waals surface area contributed by atoms with Crippen LogP contribution >= 0.6 is 0 Å². The molecule has 0 aromatic heterocycles. The molecule has 0 saturated carbocycles. The van der Waals surface area contributed by atoms with Crippen molar-refractivity contribution >= 4 is 11.4 Å². The standard InChI is InChI=1S/C16H15N3/c17-11-12-6-8-14(9-7-12)16-10-15(18-19-16)13-4-2-1-3-5-13/h1-9H,10-11,17H2. The van der Waals surface area contributed by atoms with Crippen molar-refractivity contribution in [3.05, 3.63) is 71.3 Å². The highest BCUT2D eigenvalue weighted by atomic mass is 15.2. The monoisotopic (exact) mass is 249 g/mol. The Hall–Kier alpha value is -2.26. The van der Waals surface area contributed by atoms with E-state index in [1.165, 1.54) is 0 Å². The van der Waals surface area contributed by atoms with Crippen LogP contribution in [0.1, 0.15) is 23.1 Å². The van der Waals surface area contributed by atoms with Gasteiger partial charge in [0.25, 0.3) is 0 Å². The molecule has 3 rings (SSSR count). The third-order valence-electron chi connectivity index (χ3n) is 3.26. The van der Waals surface area contributed by atoms with Gasteiger partial charge in [0, 0.05) is 13.0 Å². The fraction of sp³-hybridized carbons (Fsp3) is 0.125. The zero-order valence-corrected chi connectivity index (χ0v) is 10.6. The normalized spacial score (nSPS) is 14.2. The van der Waals surface area contributed by atoms with Crippen LogP contribution in [0, 0.1) is 0 Å². The van der Waals surface area contributed by atoms with Gasteiger partial charge in [-0.25, -0.2) is 0 Å². The second-order valence-corrected chi connectivity index (χ2v) is 4.54. The first-order chi connectivity index (χ1) is 9.36. The molecule has 0 aliphatic carbocycles. The summed E-state index contributed by atoms with van der Waals surface area (Å²) in [5, 5.41) is 8.58. The van der Waals surface area contributed by atoms with Crippen molar-refractivity contribution in [1.29, 1.82) is 0 Å². The minimum Gasteiger partial charge on any atom is -0.326 e. The summed E-state index contributed by atoms with van der Waals surface area (Å²) in [7, 11) is 0. The van der Waals surface area contributed by atoms with E-state index in [9.17, 15) is 0 Å². The molecule has 0 saturated heterocycles. The zero-order chi connectivity index (χ0) is 13.1. The van der Waals surface area contributed by atoms with Crippen molar-refractivity contribution in [2.45, 2.75) is 13.0 Å². The van der Waals surface area contributed by atoms with E-state index in [1.807, 2.05) is 30.3 Å². The second kappa shape index (κ2) is 5.16. The van der Waals surface area contributed by atoms with Crippen molar-refractivity contribution in [2.24, 2.45) is 15.9 Å². The van der Waals surface area contributed by atoms with E-state index in [1.54, 1.807) is 0 Å². The van der Waals surface area contributed by atoms with Crippen LogP contribution in [0.3, 0.4) is 0 Å². The van der Waals surface area contributed by atoms with Gasteiger partial charge in [0.15, 0.2) is 0 Å². The third kappa shape index (κ3) is 2.46. The molecule has 1 aliphatic rings. The summed E-state index contributed by atoms with van der Waals surface area (Å²) in [5.41, 5.74) is 11.0. The van der Waals surface area contributed by atoms with Crippen LogP contribution in [0.25, 0.3) is 0 Å². The SMILES string of the molecule is NCc1ccc(C2=NN=C(c3ccccc3)C2)cc1. The fourth-order valence-electron chi connectivity index (χ4n) is 2.13. The van der Waals surface area contributed by atoms with Crippen LogP contribution in [0.4, 0.5) is 0 Å². The minimum absolute atomic E-state index is 0.568. The van der Waals surface area contributed by atoms with Gasteiger partial charge in [0.1, 0.15) is 0 Å². The van der Waals surface area contributed by atoms with Crippen molar-refractivity contribution in [3.8, 4) is 0 Å². The number of hydrogen-bond donors (Lipinski definition) is 1. The van der Waals surface area contributed by atoms with Crippen LogP contribution in [-0.4, -0.2) is 11.4 Å². The first-order valence-corrected chi connectivity index (χ1v) is 6.35. The first-order valence-electron chi connectivity index (χ1n) is 6.35. The summed E-state index contributed by atoms with van der Waals surface area (Å²) < 4.78 is 0. The Morgan fingerprint density at radius 2 is 1.37 bits per heavy atom. The van der Waals surface area contributed by atoms with Crippen molar-refractivity contribution in [3.63, 3.8) is 0 Å². The summed E-state index contributed by atoms with van der Waals surface area (Å²) in [6.07, 6.45) is 0.784. The van der Waals surface area contributed by atoms with Crippen molar-refractivity contribution in [2.75, 3.05) is 0 Å². The Labute approximate surface area is 112 Å². The van der Waals surface area contributed by atoms with Crippen LogP contribution in [0.15, 0.2) is 64.8 Å². The highest BCUT2D eigenvalue weighted by Gasteiger charge is 2.15. The molecule has 2 N–H and O–H groups in total. The van der Waals surface area contributed by atoms with Gasteiger partial charge in [0.05, 0.1) is 11.4 Å². The van der Waals surface area contributed by atoms with Gasteiger partial charge in [0.2, 0.25) is 0 Å². The molecule has 1 aliphatic heterocycles. The molecule has 0 amide bonds. The first kappa shape index (κ1) is 11.8. The average Bonchev–Trinajstić information content (AvgIpc) is 2.98. The van der Waals surface area contributed by atoms with E-state index in [4.69, 9.17) is 5.73 Å². The van der Waals surface area contributed by atoms with E-state index in [-0.39, 0.29) is 0 Å². The lowest BCUT2D eigenvalue weighted by Crippen LogP contribution is -2.05. The molecule has 0 unspecified atom stereocenters.